The number of rotatable bonds is 6. The lowest BCUT2D eigenvalue weighted by atomic mass is 9.92. The number of H-pyrrole nitrogens is 1. The van der Waals surface area contributed by atoms with Crippen LogP contribution in [0.4, 0.5) is 4.79 Å². The summed E-state index contributed by atoms with van der Waals surface area (Å²) in [6, 6.07) is 13.1. The molecular weight excluding hydrogens is 499 g/mol. The summed E-state index contributed by atoms with van der Waals surface area (Å²) >= 11 is 12.4. The third-order valence-electron chi connectivity index (χ3n) is 6.33. The van der Waals surface area contributed by atoms with Crippen LogP contribution in [-0.4, -0.2) is 40.8 Å². The number of aliphatic hydroxyl groups is 1. The van der Waals surface area contributed by atoms with E-state index in [9.17, 15) is 4.79 Å². The quantitative estimate of drug-likeness (QED) is 0.354. The highest BCUT2D eigenvalue weighted by molar-refractivity contribution is 6.31. The van der Waals surface area contributed by atoms with Crippen molar-refractivity contribution in [3.63, 3.8) is 0 Å². The van der Waals surface area contributed by atoms with E-state index in [1.165, 1.54) is 0 Å². The maximum absolute atomic E-state index is 13.5. The molecule has 36 heavy (non-hydrogen) atoms. The second-order valence-electron chi connectivity index (χ2n) is 8.68. The fourth-order valence-corrected chi connectivity index (χ4v) is 4.95. The van der Waals surface area contributed by atoms with Gasteiger partial charge in [-0.3, -0.25) is 4.90 Å². The summed E-state index contributed by atoms with van der Waals surface area (Å²) in [5, 5.41) is 11.3. The molecular formula is C28H26Cl2N2O4. The van der Waals surface area contributed by atoms with Crippen LogP contribution in [0.1, 0.15) is 35.7 Å². The number of nitrogens with zero attached hydrogens (tertiary/aromatic N) is 1. The number of hydrogen-bond acceptors (Lipinski definition) is 4. The van der Waals surface area contributed by atoms with Gasteiger partial charge < -0.3 is 19.6 Å². The zero-order chi connectivity index (χ0) is 25.1. The SMILES string of the molecule is O=C(OC1=CCC=C(Cl)C=C1)N1CCc2c([nH]c3ccc(Cl)cc23)C1c1ccc(OCCCO)cc1. The lowest BCUT2D eigenvalue weighted by Crippen LogP contribution is -2.40. The Morgan fingerprint density at radius 3 is 2.75 bits per heavy atom. The van der Waals surface area contributed by atoms with Gasteiger partial charge in [-0.15, -0.1) is 0 Å². The molecule has 2 heterocycles. The van der Waals surface area contributed by atoms with Crippen molar-refractivity contribution in [1.82, 2.24) is 9.88 Å². The highest BCUT2D eigenvalue weighted by atomic mass is 35.5. The minimum absolute atomic E-state index is 0.0816. The molecule has 0 saturated heterocycles. The number of nitrogens with one attached hydrogen (secondary N) is 1. The topological polar surface area (TPSA) is 74.8 Å². The molecule has 1 amide bonds. The minimum atomic E-state index is -0.431. The van der Waals surface area contributed by atoms with Crippen LogP contribution in [0.5, 0.6) is 5.75 Å². The average molecular weight is 525 g/mol. The minimum Gasteiger partial charge on any atom is -0.494 e. The second-order valence-corrected chi connectivity index (χ2v) is 9.55. The Morgan fingerprint density at radius 2 is 1.94 bits per heavy atom. The molecule has 1 aliphatic carbocycles. The number of aliphatic hydroxyl groups excluding tert-OH is 1. The van der Waals surface area contributed by atoms with Crippen molar-refractivity contribution in [2.24, 2.45) is 0 Å². The van der Waals surface area contributed by atoms with Crippen molar-refractivity contribution in [1.29, 1.82) is 0 Å². The lowest BCUT2D eigenvalue weighted by Gasteiger charge is -2.35. The van der Waals surface area contributed by atoms with Gasteiger partial charge in [-0.25, -0.2) is 4.79 Å². The van der Waals surface area contributed by atoms with Crippen LogP contribution >= 0.6 is 23.2 Å². The van der Waals surface area contributed by atoms with Gasteiger partial charge in [0.15, 0.2) is 0 Å². The van der Waals surface area contributed by atoms with Gasteiger partial charge in [0, 0.05) is 46.2 Å². The molecule has 1 aliphatic heterocycles. The fourth-order valence-electron chi connectivity index (χ4n) is 4.63. The Bertz CT molecular complexity index is 1360. The van der Waals surface area contributed by atoms with Gasteiger partial charge >= 0.3 is 6.09 Å². The first kappa shape index (κ1) is 24.5. The lowest BCUT2D eigenvalue weighted by molar-refractivity contribution is 0.115. The molecule has 3 aromatic rings. The predicted octanol–water partition coefficient (Wildman–Crippen LogP) is 6.63. The number of benzene rings is 2. The normalized spacial score (nSPS) is 17.3. The number of carbonyl (C=O) groups excluding carboxylic acids is 1. The van der Waals surface area contributed by atoms with Crippen LogP contribution in [-0.2, 0) is 11.2 Å². The number of ether oxygens (including phenoxy) is 2. The third kappa shape index (κ3) is 5.16. The number of amides is 1. The van der Waals surface area contributed by atoms with Gasteiger partial charge in [0.2, 0.25) is 0 Å². The van der Waals surface area contributed by atoms with E-state index in [0.717, 1.165) is 27.7 Å². The Labute approximate surface area is 219 Å². The van der Waals surface area contributed by atoms with Crippen LogP contribution in [0.3, 0.4) is 0 Å². The van der Waals surface area contributed by atoms with E-state index in [1.54, 1.807) is 17.1 Å². The molecule has 1 atom stereocenters. The van der Waals surface area contributed by atoms with Gasteiger partial charge in [-0.2, -0.15) is 0 Å². The van der Waals surface area contributed by atoms with Crippen LogP contribution in [0, 0.1) is 0 Å². The number of fused-ring (bicyclic) bond motifs is 3. The number of halogens is 2. The van der Waals surface area contributed by atoms with Gasteiger partial charge in [0.05, 0.1) is 6.61 Å². The number of allylic oxidation sites excluding steroid dienone is 5. The Morgan fingerprint density at radius 1 is 1.11 bits per heavy atom. The van der Waals surface area contributed by atoms with Gasteiger partial charge in [0.25, 0.3) is 0 Å². The van der Waals surface area contributed by atoms with Crippen molar-refractivity contribution < 1.29 is 19.4 Å². The maximum atomic E-state index is 13.5. The summed E-state index contributed by atoms with van der Waals surface area (Å²) < 4.78 is 11.5. The molecule has 6 nitrogen and oxygen atoms in total. The largest absolute Gasteiger partial charge is 0.494 e. The number of aromatic nitrogens is 1. The van der Waals surface area contributed by atoms with Crippen molar-refractivity contribution in [3.05, 3.63) is 99.4 Å². The first-order valence-electron chi connectivity index (χ1n) is 11.9. The molecule has 5 rings (SSSR count). The highest BCUT2D eigenvalue weighted by Gasteiger charge is 2.36. The molecule has 8 heteroatoms. The Balaban J connectivity index is 1.49. The van der Waals surface area contributed by atoms with E-state index in [-0.39, 0.29) is 12.6 Å². The monoisotopic (exact) mass is 524 g/mol. The zero-order valence-electron chi connectivity index (χ0n) is 19.5. The third-order valence-corrected chi connectivity index (χ3v) is 6.85. The number of hydrogen-bond donors (Lipinski definition) is 2. The summed E-state index contributed by atoms with van der Waals surface area (Å²) in [4.78, 5) is 18.7. The first-order chi connectivity index (χ1) is 17.5. The molecule has 0 saturated carbocycles. The van der Waals surface area contributed by atoms with Crippen molar-refractivity contribution in [2.75, 3.05) is 19.8 Å². The van der Waals surface area contributed by atoms with E-state index < -0.39 is 6.09 Å². The molecule has 2 aromatic carbocycles. The van der Waals surface area contributed by atoms with Gasteiger partial charge in [-0.05, 0) is 72.5 Å². The predicted molar refractivity (Wildman–Crippen MR) is 141 cm³/mol. The second kappa shape index (κ2) is 10.8. The van der Waals surface area contributed by atoms with Crippen LogP contribution < -0.4 is 4.74 Å². The smallest absolute Gasteiger partial charge is 0.416 e. The molecule has 0 fully saturated rings. The Kier molecular flexibility index (Phi) is 7.37. The average Bonchev–Trinajstić information content (AvgIpc) is 3.12. The first-order valence-corrected chi connectivity index (χ1v) is 12.6. The van der Waals surface area contributed by atoms with Crippen LogP contribution in [0.15, 0.2) is 77.6 Å². The van der Waals surface area contributed by atoms with E-state index in [2.05, 4.69) is 4.98 Å². The van der Waals surface area contributed by atoms with E-state index in [0.29, 0.717) is 54.0 Å². The standard InChI is InChI=1S/C28H26Cl2N2O4/c29-19-3-1-4-22(11-7-19)36-28(34)32-14-13-23-24-17-20(30)8-12-25(24)31-26(23)27(32)18-5-9-21(10-6-18)35-16-2-15-33/h3-12,17,27,31,33H,1-2,13-16H2. The molecule has 2 aliphatic rings. The summed E-state index contributed by atoms with van der Waals surface area (Å²) in [5.41, 5.74) is 3.99. The molecule has 2 N–H and O–H groups in total. The molecule has 0 spiro atoms. The van der Waals surface area contributed by atoms with Crippen LogP contribution in [0.2, 0.25) is 5.02 Å². The fraction of sp³-hybridized carbons (Fsp3) is 0.250. The molecule has 1 aromatic heterocycles. The van der Waals surface area contributed by atoms with Crippen molar-refractivity contribution in [3.8, 4) is 5.75 Å². The molecule has 0 bridgehead atoms. The van der Waals surface area contributed by atoms with Crippen molar-refractivity contribution >= 4 is 40.2 Å². The summed E-state index contributed by atoms with van der Waals surface area (Å²) in [7, 11) is 0. The number of aromatic amines is 1. The van der Waals surface area contributed by atoms with Gasteiger partial charge in [-0.1, -0.05) is 41.4 Å². The van der Waals surface area contributed by atoms with Crippen molar-refractivity contribution in [2.45, 2.75) is 25.3 Å². The molecule has 1 unspecified atom stereocenters. The van der Waals surface area contributed by atoms with Gasteiger partial charge in [0.1, 0.15) is 17.6 Å². The maximum Gasteiger partial charge on any atom is 0.416 e. The van der Waals surface area contributed by atoms with E-state index in [1.807, 2.05) is 54.6 Å². The summed E-state index contributed by atoms with van der Waals surface area (Å²) in [5.74, 6) is 1.17. The number of carbonyl (C=O) groups is 1. The summed E-state index contributed by atoms with van der Waals surface area (Å²) in [6.45, 7) is 1.01. The summed E-state index contributed by atoms with van der Waals surface area (Å²) in [6.07, 6.45) is 8.50. The van der Waals surface area contributed by atoms with E-state index in [4.69, 9.17) is 37.8 Å². The van der Waals surface area contributed by atoms with E-state index >= 15 is 0 Å². The van der Waals surface area contributed by atoms with Crippen LogP contribution in [0.25, 0.3) is 10.9 Å². The Hall–Kier alpha value is -3.19. The zero-order valence-corrected chi connectivity index (χ0v) is 21.1. The molecule has 0 radical (unpaired) electrons. The highest BCUT2D eigenvalue weighted by Crippen LogP contribution is 2.40. The molecule has 186 valence electrons.